The lowest BCUT2D eigenvalue weighted by Crippen LogP contribution is -2.05. The molecule has 1 N–H and O–H groups in total. The molecule has 0 amide bonds. The van der Waals surface area contributed by atoms with Crippen LogP contribution < -0.4 is 5.32 Å². The van der Waals surface area contributed by atoms with Crippen molar-refractivity contribution in [3.8, 4) is 0 Å². The molecule has 0 aliphatic heterocycles. The summed E-state index contributed by atoms with van der Waals surface area (Å²) < 4.78 is 0. The third-order valence-electron chi connectivity index (χ3n) is 2.65. The Labute approximate surface area is 90.6 Å². The second-order valence-electron chi connectivity index (χ2n) is 4.02. The Morgan fingerprint density at radius 2 is 2.13 bits per heavy atom. The van der Waals surface area contributed by atoms with E-state index in [1.807, 2.05) is 19.3 Å². The SMILES string of the molecule is Cc1cnc(NCCC2=CCCC2)nc1. The molecule has 2 rings (SSSR count). The molecule has 0 atom stereocenters. The molecule has 1 aliphatic rings. The van der Waals surface area contributed by atoms with Crippen molar-refractivity contribution < 1.29 is 0 Å². The molecule has 80 valence electrons. The standard InChI is InChI=1S/C12H17N3/c1-10-8-14-12(15-9-10)13-7-6-11-4-2-3-5-11/h4,8-9H,2-3,5-7H2,1H3,(H,13,14,15). The second-order valence-corrected chi connectivity index (χ2v) is 4.02. The first kappa shape index (κ1) is 10.1. The van der Waals surface area contributed by atoms with Gasteiger partial charge in [0, 0.05) is 18.9 Å². The minimum absolute atomic E-state index is 0.735. The van der Waals surface area contributed by atoms with E-state index >= 15 is 0 Å². The van der Waals surface area contributed by atoms with Gasteiger partial charge in [-0.25, -0.2) is 9.97 Å². The normalized spacial score (nSPS) is 15.1. The van der Waals surface area contributed by atoms with Gasteiger partial charge in [0.2, 0.25) is 5.95 Å². The molecule has 1 aromatic rings. The lowest BCUT2D eigenvalue weighted by molar-refractivity contribution is 0.859. The predicted molar refractivity (Wildman–Crippen MR) is 61.8 cm³/mol. The van der Waals surface area contributed by atoms with Gasteiger partial charge in [-0.15, -0.1) is 0 Å². The number of anilines is 1. The summed E-state index contributed by atoms with van der Waals surface area (Å²) in [5, 5.41) is 3.24. The Bertz CT molecular complexity index is 340. The summed E-state index contributed by atoms with van der Waals surface area (Å²) in [4.78, 5) is 8.40. The fourth-order valence-corrected chi connectivity index (χ4v) is 1.78. The molecule has 0 spiro atoms. The van der Waals surface area contributed by atoms with Gasteiger partial charge >= 0.3 is 0 Å². The van der Waals surface area contributed by atoms with Gasteiger partial charge in [-0.3, -0.25) is 0 Å². The van der Waals surface area contributed by atoms with E-state index in [1.165, 1.54) is 19.3 Å². The van der Waals surface area contributed by atoms with Crippen molar-refractivity contribution in [2.24, 2.45) is 0 Å². The molecular weight excluding hydrogens is 186 g/mol. The van der Waals surface area contributed by atoms with Gasteiger partial charge in [0.15, 0.2) is 0 Å². The van der Waals surface area contributed by atoms with E-state index in [0.717, 1.165) is 24.5 Å². The summed E-state index contributed by atoms with van der Waals surface area (Å²) in [6.45, 7) is 2.93. The van der Waals surface area contributed by atoms with Gasteiger partial charge in [-0.05, 0) is 38.2 Å². The van der Waals surface area contributed by atoms with E-state index in [0.29, 0.717) is 0 Å². The zero-order valence-corrected chi connectivity index (χ0v) is 9.16. The number of aryl methyl sites for hydroxylation is 1. The number of nitrogens with zero attached hydrogens (tertiary/aromatic N) is 2. The second kappa shape index (κ2) is 4.91. The average Bonchev–Trinajstić information content (AvgIpc) is 2.74. The van der Waals surface area contributed by atoms with Crippen LogP contribution in [-0.4, -0.2) is 16.5 Å². The summed E-state index contributed by atoms with van der Waals surface area (Å²) in [7, 11) is 0. The summed E-state index contributed by atoms with van der Waals surface area (Å²) in [5.74, 6) is 0.735. The van der Waals surface area contributed by atoms with Gasteiger partial charge in [-0.1, -0.05) is 11.6 Å². The monoisotopic (exact) mass is 203 g/mol. The van der Waals surface area contributed by atoms with Crippen LogP contribution in [0.4, 0.5) is 5.95 Å². The number of rotatable bonds is 4. The molecule has 0 bridgehead atoms. The molecule has 3 nitrogen and oxygen atoms in total. The summed E-state index contributed by atoms with van der Waals surface area (Å²) in [6, 6.07) is 0. The summed E-state index contributed by atoms with van der Waals surface area (Å²) >= 11 is 0. The highest BCUT2D eigenvalue weighted by Gasteiger charge is 2.03. The van der Waals surface area contributed by atoms with E-state index in [-0.39, 0.29) is 0 Å². The van der Waals surface area contributed by atoms with Crippen LogP contribution in [0.3, 0.4) is 0 Å². The van der Waals surface area contributed by atoms with Crippen molar-refractivity contribution in [2.45, 2.75) is 32.6 Å². The molecule has 0 saturated carbocycles. The number of hydrogen-bond acceptors (Lipinski definition) is 3. The Morgan fingerprint density at radius 3 is 2.80 bits per heavy atom. The van der Waals surface area contributed by atoms with E-state index in [1.54, 1.807) is 5.57 Å². The maximum absolute atomic E-state index is 4.20. The maximum atomic E-state index is 4.20. The molecule has 1 heterocycles. The maximum Gasteiger partial charge on any atom is 0.222 e. The topological polar surface area (TPSA) is 37.8 Å². The summed E-state index contributed by atoms with van der Waals surface area (Å²) in [6.07, 6.45) is 11.0. The van der Waals surface area contributed by atoms with E-state index < -0.39 is 0 Å². The van der Waals surface area contributed by atoms with Crippen LogP contribution in [0.25, 0.3) is 0 Å². The quantitative estimate of drug-likeness (QED) is 0.764. The molecule has 1 aliphatic carbocycles. The van der Waals surface area contributed by atoms with Crippen molar-refractivity contribution in [1.82, 2.24) is 9.97 Å². The van der Waals surface area contributed by atoms with E-state index in [2.05, 4.69) is 21.4 Å². The van der Waals surface area contributed by atoms with Gasteiger partial charge < -0.3 is 5.32 Å². The van der Waals surface area contributed by atoms with E-state index in [4.69, 9.17) is 0 Å². The first-order valence-electron chi connectivity index (χ1n) is 5.55. The first-order valence-corrected chi connectivity index (χ1v) is 5.55. The fourth-order valence-electron chi connectivity index (χ4n) is 1.78. The Hall–Kier alpha value is -1.38. The molecule has 0 saturated heterocycles. The Balaban J connectivity index is 1.75. The first-order chi connectivity index (χ1) is 7.34. The molecule has 1 aromatic heterocycles. The molecule has 0 unspecified atom stereocenters. The number of hydrogen-bond donors (Lipinski definition) is 1. The van der Waals surface area contributed by atoms with Crippen LogP contribution in [0.1, 0.15) is 31.2 Å². The highest BCUT2D eigenvalue weighted by atomic mass is 15.1. The Morgan fingerprint density at radius 1 is 1.33 bits per heavy atom. The van der Waals surface area contributed by atoms with Crippen LogP contribution >= 0.6 is 0 Å². The minimum atomic E-state index is 0.735. The number of allylic oxidation sites excluding steroid dienone is 1. The van der Waals surface area contributed by atoms with Crippen LogP contribution in [-0.2, 0) is 0 Å². The Kier molecular flexibility index (Phi) is 3.33. The molecule has 0 aromatic carbocycles. The van der Waals surface area contributed by atoms with Gasteiger partial charge in [0.1, 0.15) is 0 Å². The number of nitrogens with one attached hydrogen (secondary N) is 1. The highest BCUT2D eigenvalue weighted by Crippen LogP contribution is 2.20. The highest BCUT2D eigenvalue weighted by molar-refractivity contribution is 5.24. The van der Waals surface area contributed by atoms with E-state index in [9.17, 15) is 0 Å². The van der Waals surface area contributed by atoms with Crippen molar-refractivity contribution >= 4 is 5.95 Å². The zero-order chi connectivity index (χ0) is 10.5. The average molecular weight is 203 g/mol. The molecule has 0 radical (unpaired) electrons. The van der Waals surface area contributed by atoms with Crippen molar-refractivity contribution in [1.29, 1.82) is 0 Å². The third kappa shape index (κ3) is 3.05. The van der Waals surface area contributed by atoms with Crippen molar-refractivity contribution in [2.75, 3.05) is 11.9 Å². The molecule has 15 heavy (non-hydrogen) atoms. The fraction of sp³-hybridized carbons (Fsp3) is 0.500. The molecule has 3 heteroatoms. The summed E-state index contributed by atoms with van der Waals surface area (Å²) in [5.41, 5.74) is 2.67. The van der Waals surface area contributed by atoms with Crippen LogP contribution in [0.15, 0.2) is 24.0 Å². The van der Waals surface area contributed by atoms with Gasteiger partial charge in [0.05, 0.1) is 0 Å². The lowest BCUT2D eigenvalue weighted by atomic mass is 10.2. The minimum Gasteiger partial charge on any atom is -0.354 e. The van der Waals surface area contributed by atoms with Crippen LogP contribution in [0, 0.1) is 6.92 Å². The van der Waals surface area contributed by atoms with Crippen LogP contribution in [0.5, 0.6) is 0 Å². The van der Waals surface area contributed by atoms with Crippen LogP contribution in [0.2, 0.25) is 0 Å². The van der Waals surface area contributed by atoms with Gasteiger partial charge in [-0.2, -0.15) is 0 Å². The predicted octanol–water partition coefficient (Wildman–Crippen LogP) is 2.70. The smallest absolute Gasteiger partial charge is 0.222 e. The molecule has 0 fully saturated rings. The molecular formula is C12H17N3. The van der Waals surface area contributed by atoms with Gasteiger partial charge in [0.25, 0.3) is 0 Å². The van der Waals surface area contributed by atoms with Crippen molar-refractivity contribution in [3.05, 3.63) is 29.6 Å². The zero-order valence-electron chi connectivity index (χ0n) is 9.16. The third-order valence-corrected chi connectivity index (χ3v) is 2.65. The number of aromatic nitrogens is 2. The largest absolute Gasteiger partial charge is 0.354 e. The van der Waals surface area contributed by atoms with Crippen molar-refractivity contribution in [3.63, 3.8) is 0 Å². The lowest BCUT2D eigenvalue weighted by Gasteiger charge is -2.04.